The Morgan fingerprint density at radius 2 is 2.13 bits per heavy atom. The molecule has 1 aliphatic carbocycles. The molecular formula is C18H26N4O. The van der Waals surface area contributed by atoms with E-state index in [1.807, 2.05) is 20.0 Å². The highest BCUT2D eigenvalue weighted by Crippen LogP contribution is 2.40. The van der Waals surface area contributed by atoms with E-state index in [0.717, 1.165) is 41.0 Å². The molecule has 0 spiro atoms. The average molecular weight is 314 g/mol. The molecular weight excluding hydrogens is 288 g/mol. The van der Waals surface area contributed by atoms with Crippen molar-refractivity contribution in [3.63, 3.8) is 0 Å². The van der Waals surface area contributed by atoms with Crippen molar-refractivity contribution in [2.24, 2.45) is 7.05 Å². The van der Waals surface area contributed by atoms with Crippen LogP contribution >= 0.6 is 0 Å². The number of amides is 1. The highest BCUT2D eigenvalue weighted by Gasteiger charge is 2.28. The van der Waals surface area contributed by atoms with Crippen molar-refractivity contribution in [2.45, 2.75) is 58.3 Å². The molecule has 0 saturated heterocycles. The zero-order valence-corrected chi connectivity index (χ0v) is 14.4. The lowest BCUT2D eigenvalue weighted by molar-refractivity contribution is 0.0954. The van der Waals surface area contributed by atoms with Crippen molar-refractivity contribution >= 4 is 16.9 Å². The summed E-state index contributed by atoms with van der Waals surface area (Å²) in [4.78, 5) is 17.4. The van der Waals surface area contributed by atoms with Crippen LogP contribution < -0.4 is 5.32 Å². The number of aromatic nitrogens is 3. The summed E-state index contributed by atoms with van der Waals surface area (Å²) < 4.78 is 1.79. The Balaban J connectivity index is 1.84. The van der Waals surface area contributed by atoms with Gasteiger partial charge in [-0.05, 0) is 32.3 Å². The van der Waals surface area contributed by atoms with E-state index in [1.165, 1.54) is 32.1 Å². The molecule has 5 nitrogen and oxygen atoms in total. The van der Waals surface area contributed by atoms with Gasteiger partial charge in [0.05, 0.1) is 16.6 Å². The minimum atomic E-state index is 0.00639. The van der Waals surface area contributed by atoms with Crippen molar-refractivity contribution < 1.29 is 4.79 Å². The molecule has 1 fully saturated rings. The second kappa shape index (κ2) is 6.69. The quantitative estimate of drug-likeness (QED) is 0.796. The number of hydrogen-bond donors (Lipinski definition) is 1. The number of rotatable bonds is 7. The predicted molar refractivity (Wildman–Crippen MR) is 91.7 cm³/mol. The molecule has 0 aliphatic heterocycles. The fourth-order valence-corrected chi connectivity index (χ4v) is 3.08. The fraction of sp³-hybridized carbons (Fsp3) is 0.611. The molecule has 1 N–H and O–H groups in total. The third-order valence-corrected chi connectivity index (χ3v) is 4.54. The summed E-state index contributed by atoms with van der Waals surface area (Å²) in [5.41, 5.74) is 3.46. The molecule has 1 amide bonds. The molecule has 1 aliphatic rings. The maximum atomic E-state index is 12.7. The van der Waals surface area contributed by atoms with E-state index in [1.54, 1.807) is 4.68 Å². The Hall–Kier alpha value is -1.91. The molecule has 3 rings (SSSR count). The molecule has 5 heteroatoms. The van der Waals surface area contributed by atoms with Crippen LogP contribution in [0, 0.1) is 6.92 Å². The summed E-state index contributed by atoms with van der Waals surface area (Å²) >= 11 is 0. The summed E-state index contributed by atoms with van der Waals surface area (Å²) in [6.07, 6.45) is 6.99. The van der Waals surface area contributed by atoms with Gasteiger partial charge in [0.2, 0.25) is 0 Å². The van der Waals surface area contributed by atoms with Crippen LogP contribution in [0.4, 0.5) is 0 Å². The third-order valence-electron chi connectivity index (χ3n) is 4.54. The SMILES string of the molecule is CCCCCCNC(=O)c1cc(C2CC2)nc2c1c(C)nn2C. The van der Waals surface area contributed by atoms with Gasteiger partial charge in [-0.1, -0.05) is 26.2 Å². The van der Waals surface area contributed by atoms with E-state index in [-0.39, 0.29) is 5.91 Å². The van der Waals surface area contributed by atoms with E-state index in [4.69, 9.17) is 4.98 Å². The smallest absolute Gasteiger partial charge is 0.252 e. The van der Waals surface area contributed by atoms with Gasteiger partial charge in [0, 0.05) is 25.2 Å². The molecule has 2 aromatic heterocycles. The van der Waals surface area contributed by atoms with E-state index in [9.17, 15) is 4.79 Å². The molecule has 23 heavy (non-hydrogen) atoms. The number of fused-ring (bicyclic) bond motifs is 1. The average Bonchev–Trinajstić information content (AvgIpc) is 3.34. The zero-order chi connectivity index (χ0) is 16.4. The van der Waals surface area contributed by atoms with Crippen LogP contribution in [0.25, 0.3) is 11.0 Å². The van der Waals surface area contributed by atoms with Gasteiger partial charge in [0.1, 0.15) is 0 Å². The molecule has 1 saturated carbocycles. The first kappa shape index (κ1) is 16.0. The van der Waals surface area contributed by atoms with Crippen LogP contribution in [0.2, 0.25) is 0 Å². The van der Waals surface area contributed by atoms with Crippen LogP contribution in [0.1, 0.15) is 73.1 Å². The van der Waals surface area contributed by atoms with E-state index in [0.29, 0.717) is 5.92 Å². The standard InChI is InChI=1S/C18H26N4O/c1-4-5-6-7-10-19-18(23)14-11-15(13-8-9-13)20-17-16(14)12(2)21-22(17)3/h11,13H,4-10H2,1-3H3,(H,19,23). The van der Waals surface area contributed by atoms with Crippen LogP contribution in [0.3, 0.4) is 0 Å². The molecule has 2 heterocycles. The largest absolute Gasteiger partial charge is 0.352 e. The maximum absolute atomic E-state index is 12.7. The minimum absolute atomic E-state index is 0.00639. The van der Waals surface area contributed by atoms with Gasteiger partial charge < -0.3 is 5.32 Å². The topological polar surface area (TPSA) is 59.8 Å². The summed E-state index contributed by atoms with van der Waals surface area (Å²) in [5.74, 6) is 0.526. The Morgan fingerprint density at radius 3 is 2.83 bits per heavy atom. The maximum Gasteiger partial charge on any atom is 0.252 e. The van der Waals surface area contributed by atoms with Gasteiger partial charge in [-0.25, -0.2) is 4.98 Å². The number of carbonyl (C=O) groups excluding carboxylic acids is 1. The molecule has 0 unspecified atom stereocenters. The number of nitrogens with zero attached hydrogens (tertiary/aromatic N) is 3. The number of pyridine rings is 1. The zero-order valence-electron chi connectivity index (χ0n) is 14.4. The molecule has 124 valence electrons. The second-order valence-corrected chi connectivity index (χ2v) is 6.59. The van der Waals surface area contributed by atoms with Crippen LogP contribution in [-0.2, 0) is 7.05 Å². The molecule has 2 aromatic rings. The summed E-state index contributed by atoms with van der Waals surface area (Å²) in [5, 5.41) is 8.41. The van der Waals surface area contributed by atoms with Crippen molar-refractivity contribution in [1.82, 2.24) is 20.1 Å². The van der Waals surface area contributed by atoms with Crippen LogP contribution in [0.5, 0.6) is 0 Å². The Bertz CT molecular complexity index is 715. The first-order chi connectivity index (χ1) is 11.1. The predicted octanol–water partition coefficient (Wildman–Crippen LogP) is 3.46. The number of carbonyl (C=O) groups is 1. The second-order valence-electron chi connectivity index (χ2n) is 6.59. The van der Waals surface area contributed by atoms with Gasteiger partial charge in [-0.15, -0.1) is 0 Å². The van der Waals surface area contributed by atoms with E-state index >= 15 is 0 Å². The monoisotopic (exact) mass is 314 g/mol. The molecule has 0 radical (unpaired) electrons. The Kier molecular flexibility index (Phi) is 4.64. The summed E-state index contributed by atoms with van der Waals surface area (Å²) in [6.45, 7) is 4.87. The van der Waals surface area contributed by atoms with Crippen molar-refractivity contribution in [2.75, 3.05) is 6.54 Å². The number of unbranched alkanes of at least 4 members (excludes halogenated alkanes) is 3. The lowest BCUT2D eigenvalue weighted by Gasteiger charge is -2.09. The van der Waals surface area contributed by atoms with Gasteiger partial charge >= 0.3 is 0 Å². The minimum Gasteiger partial charge on any atom is -0.352 e. The van der Waals surface area contributed by atoms with Crippen molar-refractivity contribution in [1.29, 1.82) is 0 Å². The Morgan fingerprint density at radius 1 is 1.35 bits per heavy atom. The first-order valence-electron chi connectivity index (χ1n) is 8.74. The molecule has 0 bridgehead atoms. The third kappa shape index (κ3) is 3.38. The fourth-order valence-electron chi connectivity index (χ4n) is 3.08. The summed E-state index contributed by atoms with van der Waals surface area (Å²) in [7, 11) is 1.89. The molecule has 0 aromatic carbocycles. The van der Waals surface area contributed by atoms with Crippen LogP contribution in [0.15, 0.2) is 6.07 Å². The highest BCUT2D eigenvalue weighted by atomic mass is 16.1. The normalized spacial score (nSPS) is 14.4. The summed E-state index contributed by atoms with van der Waals surface area (Å²) in [6, 6.07) is 1.98. The lowest BCUT2D eigenvalue weighted by Crippen LogP contribution is -2.25. The Labute approximate surface area is 137 Å². The first-order valence-corrected chi connectivity index (χ1v) is 8.74. The van der Waals surface area contributed by atoms with Gasteiger partial charge in [0.25, 0.3) is 5.91 Å². The lowest BCUT2D eigenvalue weighted by atomic mass is 10.1. The van der Waals surface area contributed by atoms with E-state index in [2.05, 4.69) is 17.3 Å². The van der Waals surface area contributed by atoms with Crippen molar-refractivity contribution in [3.8, 4) is 0 Å². The number of aryl methyl sites for hydroxylation is 2. The van der Waals surface area contributed by atoms with Crippen molar-refractivity contribution in [3.05, 3.63) is 23.0 Å². The van der Waals surface area contributed by atoms with Gasteiger partial charge in [-0.3, -0.25) is 9.48 Å². The van der Waals surface area contributed by atoms with Gasteiger partial charge in [-0.2, -0.15) is 5.10 Å². The van der Waals surface area contributed by atoms with Crippen LogP contribution in [-0.4, -0.2) is 27.2 Å². The molecule has 0 atom stereocenters. The number of nitrogens with one attached hydrogen (secondary N) is 1. The van der Waals surface area contributed by atoms with E-state index < -0.39 is 0 Å². The highest BCUT2D eigenvalue weighted by molar-refractivity contribution is 6.06. The number of hydrogen-bond acceptors (Lipinski definition) is 3. The van der Waals surface area contributed by atoms with Gasteiger partial charge in [0.15, 0.2) is 5.65 Å².